The Labute approximate surface area is 176 Å². The van der Waals surface area contributed by atoms with Gasteiger partial charge in [0.25, 0.3) is 5.69 Å². The van der Waals surface area contributed by atoms with Gasteiger partial charge in [-0.2, -0.15) is 5.10 Å². The fourth-order valence-corrected chi connectivity index (χ4v) is 2.62. The molecule has 0 saturated heterocycles. The number of halogens is 1. The molecule has 8 nitrogen and oxygen atoms in total. The van der Waals surface area contributed by atoms with E-state index in [4.69, 9.17) is 0 Å². The monoisotopic (exact) mass is 486 g/mol. The average molecular weight is 486 g/mol. The third-order valence-corrected chi connectivity index (χ3v) is 3.83. The number of guanidine groups is 1. The van der Waals surface area contributed by atoms with Crippen molar-refractivity contribution < 1.29 is 4.92 Å². The number of aliphatic imine (C=N–C) groups is 1. The average Bonchev–Trinajstić information content (AvgIpc) is 2.94. The predicted molar refractivity (Wildman–Crippen MR) is 118 cm³/mol. The second-order valence-corrected chi connectivity index (χ2v) is 6.05. The van der Waals surface area contributed by atoms with E-state index in [1.807, 2.05) is 24.6 Å². The highest BCUT2D eigenvalue weighted by Gasteiger charge is 2.06. The maximum Gasteiger partial charge on any atom is 0.269 e. The Balaban J connectivity index is 0.00000364. The first-order valence-electron chi connectivity index (χ1n) is 8.76. The third kappa shape index (κ3) is 7.53. The molecule has 0 fully saturated rings. The zero-order valence-electron chi connectivity index (χ0n) is 15.9. The summed E-state index contributed by atoms with van der Waals surface area (Å²) in [4.78, 5) is 15.0. The number of benzene rings is 1. The van der Waals surface area contributed by atoms with E-state index >= 15 is 0 Å². The second-order valence-electron chi connectivity index (χ2n) is 6.05. The first kappa shape index (κ1) is 22.9. The van der Waals surface area contributed by atoms with Gasteiger partial charge < -0.3 is 10.6 Å². The summed E-state index contributed by atoms with van der Waals surface area (Å²) >= 11 is 0. The number of non-ortho nitro benzene ring substituents is 1. The molecule has 2 aromatic rings. The van der Waals surface area contributed by atoms with Crippen LogP contribution in [0.25, 0.3) is 0 Å². The van der Waals surface area contributed by atoms with Crippen LogP contribution in [-0.2, 0) is 13.1 Å². The van der Waals surface area contributed by atoms with Gasteiger partial charge in [0.15, 0.2) is 5.96 Å². The lowest BCUT2D eigenvalue weighted by Gasteiger charge is -2.11. The van der Waals surface area contributed by atoms with Gasteiger partial charge in [-0.05, 0) is 38.8 Å². The molecule has 9 heteroatoms. The minimum absolute atomic E-state index is 0. The summed E-state index contributed by atoms with van der Waals surface area (Å²) in [6.45, 7) is 8.78. The summed E-state index contributed by atoms with van der Waals surface area (Å²) in [7, 11) is 0. The van der Waals surface area contributed by atoms with Gasteiger partial charge in [0.2, 0.25) is 0 Å². The van der Waals surface area contributed by atoms with Crippen molar-refractivity contribution in [1.82, 2.24) is 20.4 Å². The molecule has 0 amide bonds. The molecule has 2 N–H and O–H groups in total. The van der Waals surface area contributed by atoms with Crippen LogP contribution >= 0.6 is 24.0 Å². The molecule has 0 saturated carbocycles. The van der Waals surface area contributed by atoms with Gasteiger partial charge in [0, 0.05) is 37.5 Å². The highest BCUT2D eigenvalue weighted by atomic mass is 127. The highest BCUT2D eigenvalue weighted by molar-refractivity contribution is 14.0. The zero-order chi connectivity index (χ0) is 18.9. The van der Waals surface area contributed by atoms with Crippen molar-refractivity contribution in [2.45, 2.75) is 40.3 Å². The van der Waals surface area contributed by atoms with Gasteiger partial charge in [0.1, 0.15) is 0 Å². The van der Waals surface area contributed by atoms with E-state index in [0.29, 0.717) is 12.5 Å². The predicted octanol–water partition coefficient (Wildman–Crippen LogP) is 3.17. The van der Waals surface area contributed by atoms with Crippen LogP contribution in [0.5, 0.6) is 0 Å². The van der Waals surface area contributed by atoms with Crippen molar-refractivity contribution in [3.05, 3.63) is 57.4 Å². The van der Waals surface area contributed by atoms with E-state index in [1.165, 1.54) is 6.07 Å². The Hall–Kier alpha value is -2.17. The molecule has 27 heavy (non-hydrogen) atoms. The van der Waals surface area contributed by atoms with E-state index in [2.05, 4.69) is 33.7 Å². The number of nitro groups is 1. The Morgan fingerprint density at radius 3 is 2.70 bits per heavy atom. The Morgan fingerprint density at radius 1 is 1.30 bits per heavy atom. The van der Waals surface area contributed by atoms with Crippen molar-refractivity contribution in [3.63, 3.8) is 0 Å². The van der Waals surface area contributed by atoms with Gasteiger partial charge in [0.05, 0.1) is 17.2 Å². The highest BCUT2D eigenvalue weighted by Crippen LogP contribution is 2.13. The Kier molecular flexibility index (Phi) is 9.76. The van der Waals surface area contributed by atoms with Crippen molar-refractivity contribution in [2.75, 3.05) is 13.1 Å². The number of hydrogen-bond donors (Lipinski definition) is 2. The molecule has 1 aromatic heterocycles. The molecule has 0 radical (unpaired) electrons. The number of rotatable bonds is 8. The topological polar surface area (TPSA) is 97.4 Å². The van der Waals surface area contributed by atoms with Crippen LogP contribution in [0.4, 0.5) is 5.69 Å². The van der Waals surface area contributed by atoms with Gasteiger partial charge >= 0.3 is 0 Å². The molecule has 0 aliphatic carbocycles. The Bertz CT molecular complexity index is 775. The lowest BCUT2D eigenvalue weighted by Crippen LogP contribution is -2.38. The molecule has 0 aliphatic rings. The third-order valence-electron chi connectivity index (χ3n) is 3.83. The standard InChI is InChI=1S/C18H26N6O2.HI/c1-4-19-18(20-9-6-10-23-15(3)11-14(2)22-23)21-13-16-7-5-8-17(12-16)24(25)26;/h5,7-8,11-12H,4,6,9-10,13H2,1-3H3,(H2,19,20,21);1H. The quantitative estimate of drug-likeness (QED) is 0.149. The molecule has 0 unspecified atom stereocenters. The summed E-state index contributed by atoms with van der Waals surface area (Å²) < 4.78 is 2.00. The number of hydrogen-bond acceptors (Lipinski definition) is 4. The summed E-state index contributed by atoms with van der Waals surface area (Å²) in [5.74, 6) is 0.701. The summed E-state index contributed by atoms with van der Waals surface area (Å²) in [5.41, 5.74) is 3.08. The molecule has 0 spiro atoms. The fourth-order valence-electron chi connectivity index (χ4n) is 2.62. The van der Waals surface area contributed by atoms with Gasteiger partial charge in [-0.15, -0.1) is 24.0 Å². The van der Waals surface area contributed by atoms with E-state index < -0.39 is 4.92 Å². The van der Waals surface area contributed by atoms with Crippen molar-refractivity contribution >= 4 is 35.6 Å². The lowest BCUT2D eigenvalue weighted by atomic mass is 10.2. The lowest BCUT2D eigenvalue weighted by molar-refractivity contribution is -0.384. The van der Waals surface area contributed by atoms with E-state index in [1.54, 1.807) is 12.1 Å². The number of aromatic nitrogens is 2. The van der Waals surface area contributed by atoms with E-state index in [9.17, 15) is 10.1 Å². The van der Waals surface area contributed by atoms with Gasteiger partial charge in [-0.3, -0.25) is 14.8 Å². The second kappa shape index (κ2) is 11.5. The molecule has 148 valence electrons. The molecule has 1 heterocycles. The summed E-state index contributed by atoms with van der Waals surface area (Å²) in [5, 5.41) is 21.8. The molecule has 0 aliphatic heterocycles. The van der Waals surface area contributed by atoms with E-state index in [-0.39, 0.29) is 29.7 Å². The molecule has 0 atom stereocenters. The Morgan fingerprint density at radius 2 is 2.07 bits per heavy atom. The van der Waals surface area contributed by atoms with Crippen LogP contribution in [0, 0.1) is 24.0 Å². The molecular weight excluding hydrogens is 459 g/mol. The SMILES string of the molecule is CCNC(=NCc1cccc([N+](=O)[O-])c1)NCCCn1nc(C)cc1C.I. The van der Waals surface area contributed by atoms with Gasteiger partial charge in [-0.25, -0.2) is 4.99 Å². The summed E-state index contributed by atoms with van der Waals surface area (Å²) in [6.07, 6.45) is 0.920. The van der Waals surface area contributed by atoms with Crippen molar-refractivity contribution in [1.29, 1.82) is 0 Å². The van der Waals surface area contributed by atoms with Crippen LogP contribution in [0.3, 0.4) is 0 Å². The molecular formula is C18H27IN6O2. The molecule has 0 bridgehead atoms. The number of nitro benzene ring substituents is 1. The fraction of sp³-hybridized carbons (Fsp3) is 0.444. The maximum absolute atomic E-state index is 10.8. The minimum atomic E-state index is -0.393. The van der Waals surface area contributed by atoms with Crippen molar-refractivity contribution in [3.8, 4) is 0 Å². The molecule has 2 rings (SSSR count). The number of aryl methyl sites for hydroxylation is 3. The smallest absolute Gasteiger partial charge is 0.269 e. The van der Waals surface area contributed by atoms with Crippen LogP contribution < -0.4 is 10.6 Å². The summed E-state index contributed by atoms with van der Waals surface area (Å²) in [6, 6.07) is 8.62. The van der Waals surface area contributed by atoms with Crippen molar-refractivity contribution in [2.24, 2.45) is 4.99 Å². The molecule has 1 aromatic carbocycles. The van der Waals surface area contributed by atoms with Crippen LogP contribution in [0.15, 0.2) is 35.3 Å². The minimum Gasteiger partial charge on any atom is -0.357 e. The van der Waals surface area contributed by atoms with Crippen LogP contribution in [-0.4, -0.2) is 33.8 Å². The van der Waals surface area contributed by atoms with E-state index in [0.717, 1.165) is 43.0 Å². The first-order valence-corrected chi connectivity index (χ1v) is 8.76. The normalized spacial score (nSPS) is 11.0. The first-order chi connectivity index (χ1) is 12.5. The van der Waals surface area contributed by atoms with Gasteiger partial charge in [-0.1, -0.05) is 12.1 Å². The van der Waals surface area contributed by atoms with Crippen LogP contribution in [0.1, 0.15) is 30.3 Å². The number of nitrogens with zero attached hydrogens (tertiary/aromatic N) is 4. The largest absolute Gasteiger partial charge is 0.357 e. The number of nitrogens with one attached hydrogen (secondary N) is 2. The maximum atomic E-state index is 10.8. The zero-order valence-corrected chi connectivity index (χ0v) is 18.3. The van der Waals surface area contributed by atoms with Crippen LogP contribution in [0.2, 0.25) is 0 Å².